The number of hydrogen-bond donors (Lipinski definition) is 1. The van der Waals surface area contributed by atoms with E-state index in [2.05, 4.69) is 43.0 Å². The van der Waals surface area contributed by atoms with Gasteiger partial charge >= 0.3 is 38.0 Å². The molecule has 116 heavy (non-hydrogen) atoms. The summed E-state index contributed by atoms with van der Waals surface area (Å²) in [6.45, 7) is 9.69. The van der Waals surface area contributed by atoms with Crippen LogP contribution >= 0.6 is 22.6 Å². The second-order valence-electron chi connectivity index (χ2n) is 28.2. The summed E-state index contributed by atoms with van der Waals surface area (Å²) in [6.07, 6.45) is -16.1. The molecule has 2 aliphatic heterocycles. The number of halogens is 17. The van der Waals surface area contributed by atoms with Gasteiger partial charge in [0, 0.05) is 115 Å². The first-order chi connectivity index (χ1) is 53.2. The number of rotatable bonds is 14. The topological polar surface area (TPSA) is 239 Å². The number of methoxy groups -OCH3 is 3. The van der Waals surface area contributed by atoms with Crippen molar-refractivity contribution in [3.63, 3.8) is 0 Å². The number of aromatic nitrogens is 8. The van der Waals surface area contributed by atoms with E-state index in [0.29, 0.717) is 46.4 Å². The van der Waals surface area contributed by atoms with E-state index < -0.39 is 97.3 Å². The standard InChI is InChI=1S/C18H22BF3N2O3.C18H20F3N3O3.C16H13F3N2O2.C8H5F3N2O.C6H10INO.C4H8O.C2HF3O.CH3F.CH4.CH3.V/c1-16(2)17(3,4)27-19(26-16)14-11-24(23-15(14)18(20,21)22)10-12-6-8-13(25-5)9-7-12;1-23(27-3)17(25)14-8-13(14)15-10-24(22-16(15)18(19,20)21)9-11-4-6-12(26-2)7-5-11;1-23-9-4-2-8(3-5-9)7-21-13-12(10-6-11(10)14(13)22)15(20-21)16(17,18)19;9-8(10,11)7-4-2-1-3(2)6(14)5(4)12-13-7;1-8(2)6(9)4-3-5(4)7;1-2-4-5-3-1;3-2(4,5)1-6;1-2;;;/h6-9,11H,10H2,1-5H3;4-7,10,13-14H,8-9H2,1-3H3;2-5,10-11H,6-7H2,1H3;2-3H,1H2,(H,12,13);4-5H,3H2,1-2H3;1-4H2;1H;1H3;1H4;1H3;/q;;;;;;;;;-1;/t;13-,14+;10-,11+;2-,3+;4-,5+;;;;;;/m.0001....../s1/i;;;;;;;1D;;;. The number of ketones is 2. The van der Waals surface area contributed by atoms with Crippen LogP contribution in [-0.2, 0) is 96.2 Å². The van der Waals surface area contributed by atoms with Crippen molar-refractivity contribution in [1.29, 1.82) is 0 Å². The molecule has 8 atom stereocenters. The molecule has 4 saturated carbocycles. The largest absolute Gasteiger partial charge is 0.498 e. The van der Waals surface area contributed by atoms with Gasteiger partial charge in [0.2, 0.25) is 18.1 Å². The minimum atomic E-state index is -4.64. The molecule has 2 saturated heterocycles. The number of ether oxygens (including phenoxy) is 4. The Morgan fingerprint density at radius 2 is 1.03 bits per heavy atom. The third-order valence-electron chi connectivity index (χ3n) is 19.5. The fourth-order valence-electron chi connectivity index (χ4n) is 12.5. The van der Waals surface area contributed by atoms with E-state index in [-0.39, 0.29) is 134 Å². The molecular weight excluding hydrogens is 1730 g/mol. The zero-order chi connectivity index (χ0) is 84.7. The molecule has 3 aromatic carbocycles. The number of benzene rings is 3. The Morgan fingerprint density at radius 3 is 1.41 bits per heavy atom. The molecule has 0 unspecified atom stereocenters. The number of hydroxylamine groups is 2. The molecule has 22 nitrogen and oxygen atoms in total. The third kappa shape index (κ3) is 24.6. The molecular formula is C75H89BF16IN10O12V-. The van der Waals surface area contributed by atoms with Crippen molar-refractivity contribution in [3.8, 4) is 17.2 Å². The number of amides is 2. The fourth-order valence-corrected chi connectivity index (χ4v) is 13.4. The predicted molar refractivity (Wildman–Crippen MR) is 395 cm³/mol. The Labute approximate surface area is 686 Å². The van der Waals surface area contributed by atoms with Gasteiger partial charge in [-0.2, -0.15) is 86.3 Å². The Hall–Kier alpha value is -8.05. The minimum absolute atomic E-state index is 0. The van der Waals surface area contributed by atoms with Gasteiger partial charge in [-0.15, -0.1) is 0 Å². The number of carbonyl (C=O) groups excluding carboxylic acids is 5. The first-order valence-corrected chi connectivity index (χ1v) is 36.0. The van der Waals surface area contributed by atoms with Crippen LogP contribution in [0.5, 0.6) is 17.2 Å². The number of hydrogen-bond acceptors (Lipinski definition) is 16. The van der Waals surface area contributed by atoms with Crippen molar-refractivity contribution in [2.75, 3.05) is 69.9 Å². The SMILES string of the molecule is C.C1CCOC1.CN(C)C(=O)[C@@H]1C[C@@H]1I.COc1ccc(Cn2cc(B3OC(C)(C)C(C)(C)O3)c(C(F)(F)F)n2)cc1.COc1ccc(Cn2cc([C@H]3C[C@H]3C(=O)N(C)OC)c(C(F)(F)F)n2)cc1.COc1ccc(Cn2nc(C(F)(F)F)c3c2C(=O)[C@@H]2C[C@H]32)cc1.O=C1c2n[nH]c(C(F)(F)F)c2[C@H]2C[C@@H]12.O=CC(F)(F)F.[2H]CF.[CH3-].[V]. The third-order valence-corrected chi connectivity index (χ3v) is 20.8. The van der Waals surface area contributed by atoms with Crippen LogP contribution in [0.1, 0.15) is 170 Å². The molecule has 6 aliphatic carbocycles. The van der Waals surface area contributed by atoms with Crippen LogP contribution < -0.4 is 19.7 Å². The average Bonchev–Trinajstić information content (AvgIpc) is 1.54. The minimum Gasteiger partial charge on any atom is -0.497 e. The smallest absolute Gasteiger partial charge is 0.497 e. The Balaban J connectivity index is 0.000000256. The molecule has 1 N–H and O–H groups in total. The summed E-state index contributed by atoms with van der Waals surface area (Å²) in [7, 11) is 8.90. The Kier molecular flexibility index (Phi) is 33.1. The molecule has 41 heteroatoms. The fraction of sp³-hybridized carbons (Fsp3) is 0.520. The van der Waals surface area contributed by atoms with E-state index in [1.807, 2.05) is 19.2 Å². The summed E-state index contributed by atoms with van der Waals surface area (Å²) in [5.41, 5.74) is -2.53. The monoisotopic (exact) mass is 1820 g/mol. The number of aldehydes is 1. The molecule has 639 valence electrons. The number of H-pyrrole nitrogens is 1. The maximum absolute atomic E-state index is 13.5. The van der Waals surface area contributed by atoms with Crippen LogP contribution in [0.4, 0.5) is 70.2 Å². The van der Waals surface area contributed by atoms with Crippen molar-refractivity contribution in [2.45, 2.75) is 157 Å². The van der Waals surface area contributed by atoms with Crippen molar-refractivity contribution in [3.05, 3.63) is 160 Å². The number of aromatic amines is 1. The van der Waals surface area contributed by atoms with Crippen LogP contribution in [0, 0.1) is 31.1 Å². The van der Waals surface area contributed by atoms with Crippen molar-refractivity contribution < 1.29 is 147 Å². The maximum atomic E-state index is 13.5. The molecule has 0 spiro atoms. The van der Waals surface area contributed by atoms with Crippen LogP contribution in [0.3, 0.4) is 0 Å². The summed E-state index contributed by atoms with van der Waals surface area (Å²) in [5.74, 6) is -0.197. The van der Waals surface area contributed by atoms with E-state index in [1.165, 1.54) is 60.5 Å². The number of carbonyl (C=O) groups is 5. The number of alkyl halides is 17. The summed E-state index contributed by atoms with van der Waals surface area (Å²) < 4.78 is 241. The Morgan fingerprint density at radius 1 is 0.612 bits per heavy atom. The number of Topliss-reactive ketones (excluding diaryl/α,β-unsaturated/α-hetero) is 2. The first-order valence-electron chi connectivity index (χ1n) is 35.5. The maximum Gasteiger partial charge on any atom is 0.498 e. The van der Waals surface area contributed by atoms with Gasteiger partial charge in [-0.1, -0.05) is 66.4 Å². The zero-order valence-corrected chi connectivity index (χ0v) is 67.7. The second kappa shape index (κ2) is 39.7. The summed E-state index contributed by atoms with van der Waals surface area (Å²) in [6, 6.07) is 21.0. The van der Waals surface area contributed by atoms with Crippen LogP contribution in [-0.4, -0.2) is 178 Å². The van der Waals surface area contributed by atoms with Crippen LogP contribution in [0.25, 0.3) is 0 Å². The zero-order valence-electron chi connectivity index (χ0n) is 65.1. The van der Waals surface area contributed by atoms with Crippen LogP contribution in [0.15, 0.2) is 85.2 Å². The molecule has 2 amide bonds. The normalized spacial score (nSPS) is 20.9. The van der Waals surface area contributed by atoms with Gasteiger partial charge < -0.3 is 40.6 Å². The summed E-state index contributed by atoms with van der Waals surface area (Å²) in [5, 5.41) is 17.6. The molecule has 8 aliphatic rings. The molecule has 6 heterocycles. The Bertz CT molecular complexity index is 4440. The van der Waals surface area contributed by atoms with Gasteiger partial charge in [-0.25, -0.2) is 5.06 Å². The van der Waals surface area contributed by atoms with E-state index >= 15 is 0 Å². The summed E-state index contributed by atoms with van der Waals surface area (Å²) in [4.78, 5) is 61.9. The number of fused-ring (bicyclic) bond motifs is 6. The quantitative estimate of drug-likeness (QED) is 0.0202. The molecule has 15 rings (SSSR count). The van der Waals surface area contributed by atoms with Gasteiger partial charge in [0.05, 0.1) is 73.7 Å². The van der Waals surface area contributed by atoms with E-state index in [1.54, 1.807) is 120 Å². The molecule has 6 fully saturated rings. The molecule has 1 radical (unpaired) electrons. The second-order valence-corrected chi connectivity index (χ2v) is 29.8. The van der Waals surface area contributed by atoms with Gasteiger partial charge in [0.25, 0.3) is 0 Å². The first kappa shape index (κ1) is 96.8. The van der Waals surface area contributed by atoms with Crippen molar-refractivity contribution in [1.82, 2.24) is 49.5 Å². The van der Waals surface area contributed by atoms with E-state index in [9.17, 15) is 89.4 Å². The predicted octanol–water partition coefficient (Wildman–Crippen LogP) is 15.4. The van der Waals surface area contributed by atoms with E-state index in [0.717, 1.165) is 41.4 Å². The van der Waals surface area contributed by atoms with Crippen LogP contribution in [0.2, 0.25) is 0 Å². The molecule has 0 bridgehead atoms. The number of nitrogens with one attached hydrogen (secondary N) is 1. The van der Waals surface area contributed by atoms with E-state index in [4.69, 9.17) is 39.3 Å². The van der Waals surface area contributed by atoms with Gasteiger partial charge in [-0.3, -0.25) is 52.3 Å². The van der Waals surface area contributed by atoms with Crippen molar-refractivity contribution in [2.24, 2.45) is 23.7 Å². The van der Waals surface area contributed by atoms with Gasteiger partial charge in [-0.05, 0) is 131 Å². The molecule has 7 aromatic rings. The molecule has 4 aromatic heterocycles. The van der Waals surface area contributed by atoms with Gasteiger partial charge in [0.1, 0.15) is 34.3 Å². The summed E-state index contributed by atoms with van der Waals surface area (Å²) >= 11 is 2.32. The number of nitrogens with zero attached hydrogens (tertiary/aromatic N) is 9. The average molecular weight is 1820 g/mol. The van der Waals surface area contributed by atoms with Crippen molar-refractivity contribution >= 4 is 64.8 Å². The van der Waals surface area contributed by atoms with Gasteiger partial charge in [0.15, 0.2) is 28.6 Å².